The molecule has 0 spiro atoms. The summed E-state index contributed by atoms with van der Waals surface area (Å²) in [6.45, 7) is 8.29. The molecule has 0 radical (unpaired) electrons. The average molecular weight is 497 g/mol. The highest BCUT2D eigenvalue weighted by Gasteiger charge is 2.36. The van der Waals surface area contributed by atoms with Crippen LogP contribution in [0.1, 0.15) is 56.7 Å². The Labute approximate surface area is 218 Å². The summed E-state index contributed by atoms with van der Waals surface area (Å²) >= 11 is 0. The van der Waals surface area contributed by atoms with Gasteiger partial charge in [0, 0.05) is 6.54 Å². The van der Waals surface area contributed by atoms with Gasteiger partial charge in [-0.1, -0.05) is 33.3 Å². The van der Waals surface area contributed by atoms with Crippen molar-refractivity contribution in [2.45, 2.75) is 58.3 Å². The van der Waals surface area contributed by atoms with E-state index in [2.05, 4.69) is 50.9 Å². The maximum Gasteiger partial charge on any atom is 0.161 e. The Morgan fingerprint density at radius 2 is 1.39 bits per heavy atom. The molecule has 0 N–H and O–H groups in total. The molecule has 0 saturated carbocycles. The minimum atomic E-state index is -0.585. The molecule has 0 amide bonds. The number of likely N-dealkylation sites (N-methyl/N-ethyl adjacent to an activating group) is 1. The minimum Gasteiger partial charge on any atom is -0.493 e. The molecule has 0 bridgehead atoms. The summed E-state index contributed by atoms with van der Waals surface area (Å²) in [7, 11) is 8.77. The molecule has 2 aromatic rings. The first-order valence-corrected chi connectivity index (χ1v) is 12.9. The largest absolute Gasteiger partial charge is 0.493 e. The highest BCUT2D eigenvalue weighted by Crippen LogP contribution is 2.40. The van der Waals surface area contributed by atoms with Gasteiger partial charge < -0.3 is 23.8 Å². The lowest BCUT2D eigenvalue weighted by Gasteiger charge is -2.32. The van der Waals surface area contributed by atoms with E-state index in [1.165, 1.54) is 11.1 Å². The van der Waals surface area contributed by atoms with Gasteiger partial charge in [-0.15, -0.1) is 0 Å². The lowest BCUT2D eigenvalue weighted by atomic mass is 9.69. The molecular weight excluding hydrogens is 452 g/mol. The summed E-state index contributed by atoms with van der Waals surface area (Å²) in [5.74, 6) is 3.06. The van der Waals surface area contributed by atoms with E-state index < -0.39 is 5.41 Å². The fraction of sp³-hybridized carbons (Fsp3) is 0.567. The summed E-state index contributed by atoms with van der Waals surface area (Å²) in [5.41, 5.74) is 3.02. The number of benzene rings is 2. The van der Waals surface area contributed by atoms with Crippen LogP contribution in [0.5, 0.6) is 23.0 Å². The van der Waals surface area contributed by atoms with Gasteiger partial charge >= 0.3 is 0 Å². The molecule has 0 aliphatic heterocycles. The summed E-state index contributed by atoms with van der Waals surface area (Å²) in [6.07, 6.45) is 4.74. The molecule has 6 nitrogen and oxygen atoms in total. The fourth-order valence-electron chi connectivity index (χ4n) is 4.88. The predicted octanol–water partition coefficient (Wildman–Crippen LogP) is 6.05. The Kier molecular flexibility index (Phi) is 11.4. The molecule has 0 aromatic heterocycles. The van der Waals surface area contributed by atoms with Crippen molar-refractivity contribution < 1.29 is 18.9 Å². The second-order valence-electron chi connectivity index (χ2n) is 9.69. The lowest BCUT2D eigenvalue weighted by Crippen LogP contribution is -2.32. The standard InChI is InChI=1S/C30H44N2O4/c1-9-11-23-18-27(34-6)28(35-7)19-24(23)14-17-32(4)16-10-15-30(21-31,22(2)3)25-12-13-26(33-5)29(20-25)36-8/h12-13,18-20,22H,9-11,14-17H2,1-8H3. The van der Waals surface area contributed by atoms with Crippen molar-refractivity contribution in [1.82, 2.24) is 4.90 Å². The van der Waals surface area contributed by atoms with Crippen molar-refractivity contribution in [3.05, 3.63) is 47.0 Å². The van der Waals surface area contributed by atoms with Crippen molar-refractivity contribution in [2.24, 2.45) is 5.92 Å². The van der Waals surface area contributed by atoms with E-state index in [0.717, 1.165) is 62.3 Å². The van der Waals surface area contributed by atoms with Crippen LogP contribution in [0.25, 0.3) is 0 Å². The third kappa shape index (κ3) is 6.85. The van der Waals surface area contributed by atoms with Crippen LogP contribution >= 0.6 is 0 Å². The highest BCUT2D eigenvalue weighted by atomic mass is 16.5. The zero-order valence-corrected chi connectivity index (χ0v) is 23.4. The maximum absolute atomic E-state index is 10.3. The fourth-order valence-corrected chi connectivity index (χ4v) is 4.88. The van der Waals surface area contributed by atoms with Gasteiger partial charge in [-0.2, -0.15) is 5.26 Å². The SMILES string of the molecule is CCCc1cc(OC)c(OC)cc1CCN(C)CCCC(C#N)(c1ccc(OC)c(OC)c1)C(C)C. The Balaban J connectivity index is 2.09. The number of nitrogens with zero attached hydrogens (tertiary/aromatic N) is 2. The van der Waals surface area contributed by atoms with E-state index in [1.807, 2.05) is 18.2 Å². The second-order valence-corrected chi connectivity index (χ2v) is 9.69. The normalized spacial score (nSPS) is 12.8. The Morgan fingerprint density at radius 1 is 0.833 bits per heavy atom. The summed E-state index contributed by atoms with van der Waals surface area (Å²) < 4.78 is 22.0. The van der Waals surface area contributed by atoms with Crippen LogP contribution in [-0.4, -0.2) is 53.5 Å². The molecular formula is C30H44N2O4. The van der Waals surface area contributed by atoms with Crippen molar-refractivity contribution in [3.8, 4) is 29.1 Å². The van der Waals surface area contributed by atoms with Gasteiger partial charge in [0.25, 0.3) is 0 Å². The molecule has 2 aromatic carbocycles. The van der Waals surface area contributed by atoms with E-state index in [-0.39, 0.29) is 5.92 Å². The van der Waals surface area contributed by atoms with E-state index in [9.17, 15) is 5.26 Å². The average Bonchev–Trinajstić information content (AvgIpc) is 2.89. The van der Waals surface area contributed by atoms with Gasteiger partial charge in [-0.25, -0.2) is 0 Å². The number of aryl methyl sites for hydroxylation is 1. The zero-order chi connectivity index (χ0) is 26.7. The van der Waals surface area contributed by atoms with Crippen molar-refractivity contribution in [2.75, 3.05) is 48.6 Å². The first kappa shape index (κ1) is 29.3. The number of hydrogen-bond acceptors (Lipinski definition) is 6. The smallest absolute Gasteiger partial charge is 0.161 e. The van der Waals surface area contributed by atoms with E-state index >= 15 is 0 Å². The summed E-state index contributed by atoms with van der Waals surface area (Å²) in [6, 6.07) is 12.7. The number of nitriles is 1. The first-order valence-electron chi connectivity index (χ1n) is 12.9. The van der Waals surface area contributed by atoms with Crippen LogP contribution in [0.3, 0.4) is 0 Å². The van der Waals surface area contributed by atoms with Crippen molar-refractivity contribution in [1.29, 1.82) is 5.26 Å². The van der Waals surface area contributed by atoms with Gasteiger partial charge in [0.2, 0.25) is 0 Å². The molecule has 0 aliphatic rings. The molecule has 2 rings (SSSR count). The topological polar surface area (TPSA) is 64.0 Å². The van der Waals surface area contributed by atoms with Crippen LogP contribution in [0, 0.1) is 17.2 Å². The van der Waals surface area contributed by atoms with Crippen molar-refractivity contribution >= 4 is 0 Å². The van der Waals surface area contributed by atoms with Gasteiger partial charge in [-0.05, 0) is 86.1 Å². The monoisotopic (exact) mass is 496 g/mol. The molecule has 36 heavy (non-hydrogen) atoms. The molecule has 198 valence electrons. The van der Waals surface area contributed by atoms with Crippen LogP contribution in [0.2, 0.25) is 0 Å². The van der Waals surface area contributed by atoms with Gasteiger partial charge in [0.05, 0.1) is 39.9 Å². The second kappa shape index (κ2) is 14.0. The van der Waals surface area contributed by atoms with E-state index in [1.54, 1.807) is 28.4 Å². The zero-order valence-electron chi connectivity index (χ0n) is 23.4. The summed E-state index contributed by atoms with van der Waals surface area (Å²) in [4.78, 5) is 2.35. The maximum atomic E-state index is 10.3. The van der Waals surface area contributed by atoms with Crippen LogP contribution in [-0.2, 0) is 18.3 Å². The quantitative estimate of drug-likeness (QED) is 0.299. The van der Waals surface area contributed by atoms with Gasteiger partial charge in [-0.3, -0.25) is 0 Å². The molecule has 0 heterocycles. The van der Waals surface area contributed by atoms with Crippen LogP contribution < -0.4 is 18.9 Å². The van der Waals surface area contributed by atoms with E-state index in [4.69, 9.17) is 18.9 Å². The first-order chi connectivity index (χ1) is 17.3. The molecule has 0 saturated heterocycles. The minimum absolute atomic E-state index is 0.161. The highest BCUT2D eigenvalue weighted by molar-refractivity contribution is 5.48. The molecule has 6 heteroatoms. The number of rotatable bonds is 15. The molecule has 1 atom stereocenters. The Hall–Kier alpha value is -2.91. The van der Waals surface area contributed by atoms with Gasteiger partial charge in [0.1, 0.15) is 0 Å². The van der Waals surface area contributed by atoms with E-state index in [0.29, 0.717) is 11.5 Å². The molecule has 0 aliphatic carbocycles. The summed E-state index contributed by atoms with van der Waals surface area (Å²) in [5, 5.41) is 10.3. The number of methoxy groups -OCH3 is 4. The Bertz CT molecular complexity index is 1010. The number of hydrogen-bond donors (Lipinski definition) is 0. The third-order valence-electron chi connectivity index (χ3n) is 7.18. The Morgan fingerprint density at radius 3 is 1.89 bits per heavy atom. The molecule has 1 unspecified atom stereocenters. The third-order valence-corrected chi connectivity index (χ3v) is 7.18. The predicted molar refractivity (Wildman–Crippen MR) is 146 cm³/mol. The number of ether oxygens (including phenoxy) is 4. The van der Waals surface area contributed by atoms with Crippen LogP contribution in [0.15, 0.2) is 30.3 Å². The lowest BCUT2D eigenvalue weighted by molar-refractivity contribution is 0.292. The van der Waals surface area contributed by atoms with Crippen molar-refractivity contribution in [3.63, 3.8) is 0 Å². The van der Waals surface area contributed by atoms with Gasteiger partial charge in [0.15, 0.2) is 23.0 Å². The molecule has 0 fully saturated rings. The van der Waals surface area contributed by atoms with Crippen LogP contribution in [0.4, 0.5) is 0 Å².